The molecule has 0 aliphatic carbocycles. The van der Waals surface area contributed by atoms with Crippen molar-refractivity contribution in [2.45, 2.75) is 98.5 Å². The number of ether oxygens (including phenoxy) is 1. The summed E-state index contributed by atoms with van der Waals surface area (Å²) in [5.74, 6) is 0.959. The minimum Gasteiger partial charge on any atom is -0.384 e. The van der Waals surface area contributed by atoms with Crippen LogP contribution in [0.4, 0.5) is 0 Å². The molecule has 46 heavy (non-hydrogen) atoms. The van der Waals surface area contributed by atoms with Crippen LogP contribution in [0.2, 0.25) is 0 Å². The zero-order chi connectivity index (χ0) is 34.7. The van der Waals surface area contributed by atoms with Gasteiger partial charge < -0.3 is 25.8 Å². The van der Waals surface area contributed by atoms with E-state index < -0.39 is 17.4 Å². The molecule has 0 aliphatic rings. The molecule has 0 unspecified atom stereocenters. The zero-order valence-electron chi connectivity index (χ0n) is 29.4. The Bertz CT molecular complexity index is 917. The van der Waals surface area contributed by atoms with Gasteiger partial charge in [0.15, 0.2) is 0 Å². The van der Waals surface area contributed by atoms with Crippen LogP contribution in [-0.2, 0) is 19.1 Å². The number of amides is 3. The standard InChI is InChI=1S/C34H57N3O5S2.C2H6/c1-5-6-7-8-9-10-11-12-13-14-15-16-17-18-19-20-21-22-30(38)35-25-27-43-44-28-26-36-31(39)23-24-37-33(41)32(40)34(2,3)29-42-4;1-2/h6-7,9-10,12-13,15-16,18-19,32,40H,5,8,11,14,17,20-29H2,1-4H3,(H,35,38)(H,36,39)(H,37,41);1-2H3/b7-6-,10-9-,13-12-,16-15-,19-18-;/t32-;/m0./s1. The van der Waals surface area contributed by atoms with E-state index in [0.717, 1.165) is 56.5 Å². The average molecular weight is 682 g/mol. The van der Waals surface area contributed by atoms with Crippen molar-refractivity contribution in [2.75, 3.05) is 44.9 Å². The Morgan fingerprint density at radius 1 is 0.717 bits per heavy atom. The van der Waals surface area contributed by atoms with Crippen LogP contribution in [0.5, 0.6) is 0 Å². The summed E-state index contributed by atoms with van der Waals surface area (Å²) in [5.41, 5.74) is -0.712. The number of aliphatic hydroxyl groups excluding tert-OH is 1. The van der Waals surface area contributed by atoms with Crippen molar-refractivity contribution in [1.29, 1.82) is 0 Å². The van der Waals surface area contributed by atoms with E-state index in [2.05, 4.69) is 83.6 Å². The highest BCUT2D eigenvalue weighted by molar-refractivity contribution is 8.76. The lowest BCUT2D eigenvalue weighted by Crippen LogP contribution is -2.46. The van der Waals surface area contributed by atoms with Crippen molar-refractivity contribution in [1.82, 2.24) is 16.0 Å². The Hall–Kier alpha value is -2.27. The molecule has 264 valence electrons. The molecular formula is C36H63N3O5S2. The molecule has 10 heteroatoms. The number of hydrogen-bond donors (Lipinski definition) is 4. The number of methoxy groups -OCH3 is 1. The first kappa shape index (κ1) is 45.9. The van der Waals surface area contributed by atoms with Crippen LogP contribution in [-0.4, -0.2) is 73.8 Å². The normalized spacial score (nSPS) is 12.7. The van der Waals surface area contributed by atoms with Gasteiger partial charge in [-0.1, -0.05) is 117 Å². The average Bonchev–Trinajstić information content (AvgIpc) is 3.04. The molecule has 4 N–H and O–H groups in total. The van der Waals surface area contributed by atoms with Gasteiger partial charge in [0, 0.05) is 56.5 Å². The highest BCUT2D eigenvalue weighted by Gasteiger charge is 2.33. The van der Waals surface area contributed by atoms with Crippen molar-refractivity contribution >= 4 is 39.3 Å². The Morgan fingerprint density at radius 3 is 1.65 bits per heavy atom. The number of carbonyl (C=O) groups is 3. The molecule has 0 aromatic carbocycles. The number of aliphatic hydroxyl groups is 1. The third kappa shape index (κ3) is 30.4. The summed E-state index contributed by atoms with van der Waals surface area (Å²) in [6.45, 7) is 11.2. The van der Waals surface area contributed by atoms with Gasteiger partial charge in [-0.3, -0.25) is 14.4 Å². The van der Waals surface area contributed by atoms with Gasteiger partial charge in [0.1, 0.15) is 6.10 Å². The molecule has 0 rings (SSSR count). The Morgan fingerprint density at radius 2 is 1.17 bits per heavy atom. The summed E-state index contributed by atoms with van der Waals surface area (Å²) in [5, 5.41) is 18.5. The fraction of sp³-hybridized carbons (Fsp3) is 0.639. The molecule has 0 saturated carbocycles. The van der Waals surface area contributed by atoms with Crippen LogP contribution in [0.3, 0.4) is 0 Å². The van der Waals surface area contributed by atoms with Crippen molar-refractivity contribution < 1.29 is 24.2 Å². The SMILES string of the molecule is CC.CC/C=C\C/C=C\C/C=C\C/C=C\C/C=C\CCCC(=O)NCCSSCCNC(=O)CCNC(=O)[C@H](O)C(C)(C)COC. The number of carbonyl (C=O) groups excluding carboxylic acids is 3. The van der Waals surface area contributed by atoms with E-state index in [9.17, 15) is 19.5 Å². The van der Waals surface area contributed by atoms with Gasteiger partial charge >= 0.3 is 0 Å². The van der Waals surface area contributed by atoms with Crippen LogP contribution < -0.4 is 16.0 Å². The Balaban J connectivity index is 0. The van der Waals surface area contributed by atoms with Gasteiger partial charge in [0.05, 0.1) is 6.61 Å². The summed E-state index contributed by atoms with van der Waals surface area (Å²) in [4.78, 5) is 36.0. The van der Waals surface area contributed by atoms with E-state index in [1.54, 1.807) is 35.4 Å². The second-order valence-electron chi connectivity index (χ2n) is 10.8. The molecule has 0 saturated heterocycles. The summed E-state index contributed by atoms with van der Waals surface area (Å²) in [6.07, 6.45) is 28.0. The topological polar surface area (TPSA) is 117 Å². The number of rotatable bonds is 27. The lowest BCUT2D eigenvalue weighted by molar-refractivity contribution is -0.137. The predicted octanol–water partition coefficient (Wildman–Crippen LogP) is 7.09. The molecule has 0 radical (unpaired) electrons. The van der Waals surface area contributed by atoms with Gasteiger partial charge in [-0.2, -0.15) is 0 Å². The molecule has 0 aromatic heterocycles. The van der Waals surface area contributed by atoms with E-state index >= 15 is 0 Å². The minimum atomic E-state index is -1.21. The van der Waals surface area contributed by atoms with Crippen molar-refractivity contribution in [3.8, 4) is 0 Å². The zero-order valence-corrected chi connectivity index (χ0v) is 31.0. The summed E-state index contributed by atoms with van der Waals surface area (Å²) >= 11 is 0. The van der Waals surface area contributed by atoms with E-state index in [1.165, 1.54) is 7.11 Å². The van der Waals surface area contributed by atoms with E-state index in [0.29, 0.717) is 19.5 Å². The van der Waals surface area contributed by atoms with E-state index in [4.69, 9.17) is 4.74 Å². The maximum Gasteiger partial charge on any atom is 0.249 e. The molecule has 0 aliphatic heterocycles. The molecule has 8 nitrogen and oxygen atoms in total. The number of nitrogens with one attached hydrogen (secondary N) is 3. The summed E-state index contributed by atoms with van der Waals surface area (Å²) in [7, 11) is 4.81. The van der Waals surface area contributed by atoms with Crippen LogP contribution in [0.15, 0.2) is 60.8 Å². The fourth-order valence-corrected chi connectivity index (χ4v) is 5.52. The van der Waals surface area contributed by atoms with Crippen LogP contribution in [0.25, 0.3) is 0 Å². The lowest BCUT2D eigenvalue weighted by atomic mass is 9.87. The van der Waals surface area contributed by atoms with Crippen molar-refractivity contribution in [3.05, 3.63) is 60.8 Å². The lowest BCUT2D eigenvalue weighted by Gasteiger charge is -2.28. The van der Waals surface area contributed by atoms with Crippen LogP contribution >= 0.6 is 21.6 Å². The number of allylic oxidation sites excluding steroid dienone is 10. The highest BCUT2D eigenvalue weighted by atomic mass is 33.1. The molecular weight excluding hydrogens is 619 g/mol. The number of hydrogen-bond acceptors (Lipinski definition) is 7. The fourth-order valence-electron chi connectivity index (χ4n) is 3.71. The maximum atomic E-state index is 12.1. The van der Waals surface area contributed by atoms with Gasteiger partial charge in [-0.05, 0) is 44.9 Å². The predicted molar refractivity (Wildman–Crippen MR) is 200 cm³/mol. The summed E-state index contributed by atoms with van der Waals surface area (Å²) in [6, 6.07) is 0. The second kappa shape index (κ2) is 34.1. The minimum absolute atomic E-state index is 0.0806. The van der Waals surface area contributed by atoms with Crippen molar-refractivity contribution in [2.24, 2.45) is 5.41 Å². The largest absolute Gasteiger partial charge is 0.384 e. The quantitative estimate of drug-likeness (QED) is 0.0416. The molecule has 0 aromatic rings. The van der Waals surface area contributed by atoms with Gasteiger partial charge in [0.25, 0.3) is 0 Å². The maximum absolute atomic E-state index is 12.1. The Labute approximate surface area is 288 Å². The third-order valence-corrected chi connectivity index (χ3v) is 8.60. The molecule has 0 bridgehead atoms. The van der Waals surface area contributed by atoms with Crippen LogP contribution in [0.1, 0.15) is 92.4 Å². The molecule has 0 fully saturated rings. The monoisotopic (exact) mass is 681 g/mol. The Kier molecular flexibility index (Phi) is 34.0. The first-order chi connectivity index (χ1) is 22.2. The van der Waals surface area contributed by atoms with Crippen molar-refractivity contribution in [3.63, 3.8) is 0 Å². The first-order valence-corrected chi connectivity index (χ1v) is 19.2. The highest BCUT2D eigenvalue weighted by Crippen LogP contribution is 2.21. The van der Waals surface area contributed by atoms with Gasteiger partial charge in [-0.25, -0.2) is 0 Å². The second-order valence-corrected chi connectivity index (χ2v) is 13.5. The van der Waals surface area contributed by atoms with E-state index in [-0.39, 0.29) is 31.4 Å². The summed E-state index contributed by atoms with van der Waals surface area (Å²) < 4.78 is 5.03. The molecule has 3 amide bonds. The van der Waals surface area contributed by atoms with Crippen LogP contribution in [0, 0.1) is 5.41 Å². The smallest absolute Gasteiger partial charge is 0.249 e. The molecule has 1 atom stereocenters. The molecule has 0 spiro atoms. The molecule has 0 heterocycles. The number of unbranched alkanes of at least 4 members (excludes halogenated alkanes) is 1. The third-order valence-electron chi connectivity index (χ3n) is 6.19. The first-order valence-electron chi connectivity index (χ1n) is 16.7. The van der Waals surface area contributed by atoms with E-state index in [1.807, 2.05) is 13.8 Å². The van der Waals surface area contributed by atoms with Gasteiger partial charge in [0.2, 0.25) is 17.7 Å². The van der Waals surface area contributed by atoms with Gasteiger partial charge in [-0.15, -0.1) is 0 Å².